The van der Waals surface area contributed by atoms with Gasteiger partial charge in [-0.2, -0.15) is 0 Å². The Balaban J connectivity index is 2.28. The van der Waals surface area contributed by atoms with Crippen LogP contribution >= 0.6 is 0 Å². The molecule has 2 unspecified atom stereocenters. The summed E-state index contributed by atoms with van der Waals surface area (Å²) in [6, 6.07) is 0. The summed E-state index contributed by atoms with van der Waals surface area (Å²) in [6.07, 6.45) is 7.82. The van der Waals surface area contributed by atoms with E-state index in [-0.39, 0.29) is 5.25 Å². The van der Waals surface area contributed by atoms with E-state index in [1.807, 2.05) is 0 Å². The third-order valence-electron chi connectivity index (χ3n) is 3.56. The molecule has 96 valence electrons. The van der Waals surface area contributed by atoms with Gasteiger partial charge in [0.1, 0.15) is 9.84 Å². The second kappa shape index (κ2) is 6.60. The van der Waals surface area contributed by atoms with Crippen LogP contribution in [-0.2, 0) is 9.84 Å². The van der Waals surface area contributed by atoms with Crippen molar-refractivity contribution in [3.63, 3.8) is 0 Å². The van der Waals surface area contributed by atoms with Gasteiger partial charge in [0.05, 0.1) is 5.25 Å². The van der Waals surface area contributed by atoms with Gasteiger partial charge in [-0.25, -0.2) is 8.42 Å². The van der Waals surface area contributed by atoms with E-state index in [4.69, 9.17) is 0 Å². The minimum atomic E-state index is -2.81. The lowest BCUT2D eigenvalue weighted by atomic mass is 9.86. The van der Waals surface area contributed by atoms with Gasteiger partial charge in [-0.3, -0.25) is 0 Å². The van der Waals surface area contributed by atoms with Crippen molar-refractivity contribution < 1.29 is 8.42 Å². The topological polar surface area (TPSA) is 46.2 Å². The van der Waals surface area contributed by atoms with Crippen LogP contribution in [0, 0.1) is 5.92 Å². The van der Waals surface area contributed by atoms with Crippen LogP contribution in [-0.4, -0.2) is 33.0 Å². The van der Waals surface area contributed by atoms with Gasteiger partial charge in [0, 0.05) is 6.26 Å². The number of rotatable bonds is 6. The van der Waals surface area contributed by atoms with Gasteiger partial charge >= 0.3 is 0 Å². The van der Waals surface area contributed by atoms with Crippen molar-refractivity contribution >= 4 is 9.84 Å². The lowest BCUT2D eigenvalue weighted by Gasteiger charge is -2.27. The summed E-state index contributed by atoms with van der Waals surface area (Å²) in [7, 11) is -2.81. The van der Waals surface area contributed by atoms with E-state index in [0.717, 1.165) is 32.4 Å². The molecule has 3 nitrogen and oxygen atoms in total. The predicted octanol–water partition coefficient (Wildman–Crippen LogP) is 1.98. The first-order valence-electron chi connectivity index (χ1n) is 6.43. The number of hydrogen-bond acceptors (Lipinski definition) is 3. The van der Waals surface area contributed by atoms with E-state index in [0.29, 0.717) is 5.92 Å². The lowest BCUT2D eigenvalue weighted by molar-refractivity contribution is 0.331. The Morgan fingerprint density at radius 2 is 2.06 bits per heavy atom. The third-order valence-corrected chi connectivity index (χ3v) is 5.20. The molecule has 0 radical (unpaired) electrons. The highest BCUT2D eigenvalue weighted by Crippen LogP contribution is 2.31. The molecule has 1 saturated carbocycles. The zero-order valence-corrected chi connectivity index (χ0v) is 11.4. The average molecular weight is 247 g/mol. The number of hydrogen-bond donors (Lipinski definition) is 1. The molecule has 1 fully saturated rings. The molecule has 0 bridgehead atoms. The first kappa shape index (κ1) is 14.0. The maximum Gasteiger partial charge on any atom is 0.150 e. The molecule has 1 N–H and O–H groups in total. The van der Waals surface area contributed by atoms with Gasteiger partial charge in [0.25, 0.3) is 0 Å². The van der Waals surface area contributed by atoms with Crippen molar-refractivity contribution in [2.75, 3.05) is 19.3 Å². The van der Waals surface area contributed by atoms with E-state index in [9.17, 15) is 8.42 Å². The molecule has 1 aliphatic rings. The summed E-state index contributed by atoms with van der Waals surface area (Å²) in [5.41, 5.74) is 0. The second-order valence-electron chi connectivity index (χ2n) is 4.98. The van der Waals surface area contributed by atoms with Crippen LogP contribution in [0.3, 0.4) is 0 Å². The largest absolute Gasteiger partial charge is 0.317 e. The van der Waals surface area contributed by atoms with Crippen molar-refractivity contribution in [3.8, 4) is 0 Å². The van der Waals surface area contributed by atoms with Crippen LogP contribution in [0.5, 0.6) is 0 Å². The maximum atomic E-state index is 11.5. The molecule has 0 aromatic carbocycles. The summed E-state index contributed by atoms with van der Waals surface area (Å²) in [4.78, 5) is 0. The van der Waals surface area contributed by atoms with Crippen LogP contribution in [0.25, 0.3) is 0 Å². The minimum Gasteiger partial charge on any atom is -0.317 e. The van der Waals surface area contributed by atoms with Gasteiger partial charge in [-0.05, 0) is 44.7 Å². The Kier molecular flexibility index (Phi) is 5.76. The summed E-state index contributed by atoms with van der Waals surface area (Å²) in [5.74, 6) is 0.632. The van der Waals surface area contributed by atoms with Crippen LogP contribution in [0.15, 0.2) is 0 Å². The zero-order chi connectivity index (χ0) is 12.0. The smallest absolute Gasteiger partial charge is 0.150 e. The molecular weight excluding hydrogens is 222 g/mol. The van der Waals surface area contributed by atoms with E-state index < -0.39 is 9.84 Å². The van der Waals surface area contributed by atoms with E-state index in [1.165, 1.54) is 25.5 Å². The highest BCUT2D eigenvalue weighted by atomic mass is 32.2. The average Bonchev–Trinajstić information content (AvgIpc) is 2.24. The van der Waals surface area contributed by atoms with Gasteiger partial charge in [0.2, 0.25) is 0 Å². The van der Waals surface area contributed by atoms with Crippen LogP contribution < -0.4 is 5.32 Å². The standard InChI is InChI=1S/C12H25NO2S/c1-3-13-9-5-7-11-6-4-8-12(10-11)16(2,14)15/h11-13H,3-10H2,1-2H3. The lowest BCUT2D eigenvalue weighted by Crippen LogP contribution is -2.27. The molecule has 2 atom stereocenters. The Labute approximate surface area is 99.9 Å². The first-order chi connectivity index (χ1) is 7.54. The van der Waals surface area contributed by atoms with E-state index in [2.05, 4.69) is 12.2 Å². The summed E-state index contributed by atoms with van der Waals surface area (Å²) >= 11 is 0. The molecule has 0 spiro atoms. The van der Waals surface area contributed by atoms with Crippen LogP contribution in [0.2, 0.25) is 0 Å². The van der Waals surface area contributed by atoms with E-state index >= 15 is 0 Å². The van der Waals surface area contributed by atoms with Crippen molar-refractivity contribution in [2.45, 2.75) is 50.7 Å². The molecule has 0 amide bonds. The molecule has 0 saturated heterocycles. The van der Waals surface area contributed by atoms with Gasteiger partial charge < -0.3 is 5.32 Å². The normalized spacial score (nSPS) is 26.9. The summed E-state index contributed by atoms with van der Waals surface area (Å²) < 4.78 is 23.0. The number of sulfone groups is 1. The second-order valence-corrected chi connectivity index (χ2v) is 7.31. The van der Waals surface area contributed by atoms with Crippen molar-refractivity contribution in [1.29, 1.82) is 0 Å². The molecule has 0 aromatic heterocycles. The summed E-state index contributed by atoms with van der Waals surface area (Å²) in [5, 5.41) is 3.25. The molecule has 4 heteroatoms. The van der Waals surface area contributed by atoms with Gasteiger partial charge in [-0.1, -0.05) is 19.8 Å². The maximum absolute atomic E-state index is 11.5. The quantitative estimate of drug-likeness (QED) is 0.730. The SMILES string of the molecule is CCNCCCC1CCCC(S(C)(=O)=O)C1. The third kappa shape index (κ3) is 4.83. The first-order valence-corrected chi connectivity index (χ1v) is 8.39. The molecule has 0 heterocycles. The Bertz CT molecular complexity index is 287. The Morgan fingerprint density at radius 1 is 1.31 bits per heavy atom. The molecule has 0 aromatic rings. The predicted molar refractivity (Wildman–Crippen MR) is 68.4 cm³/mol. The molecule has 1 rings (SSSR count). The fourth-order valence-corrected chi connectivity index (χ4v) is 3.80. The van der Waals surface area contributed by atoms with Crippen molar-refractivity contribution in [2.24, 2.45) is 5.92 Å². The summed E-state index contributed by atoms with van der Waals surface area (Å²) in [6.45, 7) is 4.20. The fraction of sp³-hybridized carbons (Fsp3) is 1.00. The molecule has 0 aliphatic heterocycles. The van der Waals surface area contributed by atoms with Crippen molar-refractivity contribution in [1.82, 2.24) is 5.32 Å². The Morgan fingerprint density at radius 3 is 2.69 bits per heavy atom. The Hall–Kier alpha value is -0.0900. The molecule has 16 heavy (non-hydrogen) atoms. The fourth-order valence-electron chi connectivity index (χ4n) is 2.59. The van der Waals surface area contributed by atoms with Crippen LogP contribution in [0.1, 0.15) is 45.4 Å². The minimum absolute atomic E-state index is 0.0645. The molecule has 1 aliphatic carbocycles. The van der Waals surface area contributed by atoms with Crippen molar-refractivity contribution in [3.05, 3.63) is 0 Å². The van der Waals surface area contributed by atoms with Gasteiger partial charge in [0.15, 0.2) is 0 Å². The monoisotopic (exact) mass is 247 g/mol. The zero-order valence-electron chi connectivity index (χ0n) is 10.5. The highest BCUT2D eigenvalue weighted by molar-refractivity contribution is 7.91. The molecular formula is C12H25NO2S. The number of nitrogens with one attached hydrogen (secondary N) is 1. The van der Waals surface area contributed by atoms with E-state index in [1.54, 1.807) is 0 Å². The van der Waals surface area contributed by atoms with Gasteiger partial charge in [-0.15, -0.1) is 0 Å². The highest BCUT2D eigenvalue weighted by Gasteiger charge is 2.28. The van der Waals surface area contributed by atoms with Crippen LogP contribution in [0.4, 0.5) is 0 Å².